The molecule has 12 heteroatoms. The van der Waals surface area contributed by atoms with Crippen molar-refractivity contribution < 1.29 is 24.2 Å². The second kappa shape index (κ2) is 6.73. The van der Waals surface area contributed by atoms with E-state index in [1.807, 2.05) is 0 Å². The zero-order valence-electron chi connectivity index (χ0n) is 11.5. The number of aromatic nitrogens is 6. The quantitative estimate of drug-likeness (QED) is 0.423. The lowest BCUT2D eigenvalue weighted by molar-refractivity contribution is 0.0398. The molecule has 12 nitrogen and oxygen atoms in total. The van der Waals surface area contributed by atoms with Gasteiger partial charge in [0.1, 0.15) is 6.73 Å². The number of hydrogen-bond acceptors (Lipinski definition) is 9. The van der Waals surface area contributed by atoms with Crippen molar-refractivity contribution >= 4 is 11.9 Å². The Morgan fingerprint density at radius 3 is 2.86 bits per heavy atom. The summed E-state index contributed by atoms with van der Waals surface area (Å²) >= 11 is 0. The Bertz CT molecular complexity index is 679. The van der Waals surface area contributed by atoms with Gasteiger partial charge in [-0.2, -0.15) is 9.67 Å². The lowest BCUT2D eigenvalue weighted by Crippen LogP contribution is -2.20. The van der Waals surface area contributed by atoms with Crippen LogP contribution >= 0.6 is 0 Å². The summed E-state index contributed by atoms with van der Waals surface area (Å²) in [5.41, 5.74) is 5.15. The van der Waals surface area contributed by atoms with Crippen LogP contribution in [0.25, 0.3) is 5.95 Å². The summed E-state index contributed by atoms with van der Waals surface area (Å²) in [4.78, 5) is 26.5. The molecule has 0 unspecified atom stereocenters. The number of esters is 1. The van der Waals surface area contributed by atoms with Crippen LogP contribution in [0.3, 0.4) is 0 Å². The molecule has 2 heterocycles. The van der Waals surface area contributed by atoms with Crippen molar-refractivity contribution in [3.8, 4) is 5.95 Å². The van der Waals surface area contributed by atoms with Crippen LogP contribution in [0.5, 0.6) is 0 Å². The predicted molar refractivity (Wildman–Crippen MR) is 67.8 cm³/mol. The van der Waals surface area contributed by atoms with Gasteiger partial charge in [0.05, 0.1) is 26.5 Å². The van der Waals surface area contributed by atoms with E-state index in [0.717, 1.165) is 9.36 Å². The van der Waals surface area contributed by atoms with E-state index in [-0.39, 0.29) is 37.4 Å². The average Bonchev–Trinajstić information content (AvgIpc) is 3.13. The standard InChI is InChI=1S/C10H13N7O5/c1-21-9(20)6-4-16(15-13-6)10-12-8(7(11)19)17(14-10)5-22-3-2-18/h4,18H,2-3,5H2,1H3,(H2,11,19). The molecule has 0 aromatic carbocycles. The summed E-state index contributed by atoms with van der Waals surface area (Å²) in [6.07, 6.45) is 1.24. The van der Waals surface area contributed by atoms with Crippen molar-refractivity contribution in [1.29, 1.82) is 0 Å². The van der Waals surface area contributed by atoms with Gasteiger partial charge in [0, 0.05) is 0 Å². The Labute approximate surface area is 123 Å². The first-order valence-electron chi connectivity index (χ1n) is 6.01. The Balaban J connectivity index is 2.27. The summed E-state index contributed by atoms with van der Waals surface area (Å²) in [5.74, 6) is -1.68. The van der Waals surface area contributed by atoms with Crippen molar-refractivity contribution in [2.24, 2.45) is 5.73 Å². The number of nitrogens with two attached hydrogens (primary N) is 1. The molecule has 0 atom stereocenters. The fourth-order valence-electron chi connectivity index (χ4n) is 1.47. The second-order valence-electron chi connectivity index (χ2n) is 3.90. The predicted octanol–water partition coefficient (Wildman–Crippen LogP) is -2.29. The topological polar surface area (TPSA) is 160 Å². The van der Waals surface area contributed by atoms with E-state index in [0.29, 0.717) is 0 Å². The fraction of sp³-hybridized carbons (Fsp3) is 0.400. The van der Waals surface area contributed by atoms with Gasteiger partial charge in [-0.15, -0.1) is 10.2 Å². The lowest BCUT2D eigenvalue weighted by atomic mass is 10.5. The van der Waals surface area contributed by atoms with Crippen molar-refractivity contribution in [1.82, 2.24) is 29.8 Å². The van der Waals surface area contributed by atoms with Gasteiger partial charge in [0.2, 0.25) is 5.82 Å². The molecule has 0 saturated heterocycles. The molecule has 0 aliphatic heterocycles. The van der Waals surface area contributed by atoms with E-state index in [1.54, 1.807) is 0 Å². The van der Waals surface area contributed by atoms with E-state index in [9.17, 15) is 9.59 Å². The molecule has 2 rings (SSSR count). The summed E-state index contributed by atoms with van der Waals surface area (Å²) in [6.45, 7) is -0.257. The SMILES string of the molecule is COC(=O)c1cn(-c2nc(C(N)=O)n(COCCO)n2)nn1. The van der Waals surface area contributed by atoms with E-state index < -0.39 is 11.9 Å². The molecule has 0 spiro atoms. The Kier molecular flexibility index (Phi) is 4.75. The summed E-state index contributed by atoms with van der Waals surface area (Å²) in [5, 5.41) is 19.9. The lowest BCUT2D eigenvalue weighted by Gasteiger charge is -2.03. The van der Waals surface area contributed by atoms with Crippen molar-refractivity contribution in [3.63, 3.8) is 0 Å². The zero-order valence-corrected chi connectivity index (χ0v) is 11.5. The monoisotopic (exact) mass is 311 g/mol. The van der Waals surface area contributed by atoms with Crippen LogP contribution in [-0.4, -0.2) is 67.1 Å². The molecule has 2 aromatic heterocycles. The maximum absolute atomic E-state index is 11.3. The molecular weight excluding hydrogens is 298 g/mol. The number of carbonyl (C=O) groups excluding carboxylic acids is 2. The minimum Gasteiger partial charge on any atom is -0.464 e. The number of carbonyl (C=O) groups is 2. The number of aliphatic hydroxyl groups excluding tert-OH is 1. The number of primary amides is 1. The largest absolute Gasteiger partial charge is 0.464 e. The third-order valence-corrected chi connectivity index (χ3v) is 2.42. The van der Waals surface area contributed by atoms with Crippen LogP contribution in [0.15, 0.2) is 6.20 Å². The Morgan fingerprint density at radius 2 is 2.23 bits per heavy atom. The number of aliphatic hydroxyl groups is 1. The molecule has 0 bridgehead atoms. The van der Waals surface area contributed by atoms with Gasteiger partial charge in [-0.1, -0.05) is 5.21 Å². The molecule has 0 saturated carbocycles. The van der Waals surface area contributed by atoms with Gasteiger partial charge < -0.3 is 20.3 Å². The zero-order chi connectivity index (χ0) is 16.1. The third kappa shape index (κ3) is 3.24. The van der Waals surface area contributed by atoms with Crippen LogP contribution in [0.4, 0.5) is 0 Å². The number of hydrogen-bond donors (Lipinski definition) is 2. The molecule has 0 aliphatic carbocycles. The Morgan fingerprint density at radius 1 is 1.45 bits per heavy atom. The second-order valence-corrected chi connectivity index (χ2v) is 3.90. The van der Waals surface area contributed by atoms with E-state index in [2.05, 4.69) is 25.1 Å². The van der Waals surface area contributed by atoms with E-state index in [4.69, 9.17) is 15.6 Å². The molecule has 22 heavy (non-hydrogen) atoms. The van der Waals surface area contributed by atoms with Gasteiger partial charge in [0.25, 0.3) is 11.9 Å². The summed E-state index contributed by atoms with van der Waals surface area (Å²) in [6, 6.07) is 0. The van der Waals surface area contributed by atoms with Crippen LogP contribution in [0.2, 0.25) is 0 Å². The first-order valence-corrected chi connectivity index (χ1v) is 6.01. The minimum atomic E-state index is -0.820. The average molecular weight is 311 g/mol. The van der Waals surface area contributed by atoms with Crippen molar-refractivity contribution in [2.75, 3.05) is 20.3 Å². The number of amides is 1. The molecule has 0 radical (unpaired) electrons. The molecule has 118 valence electrons. The number of methoxy groups -OCH3 is 1. The third-order valence-electron chi connectivity index (χ3n) is 2.42. The summed E-state index contributed by atoms with van der Waals surface area (Å²) in [7, 11) is 1.21. The van der Waals surface area contributed by atoms with Crippen LogP contribution in [0.1, 0.15) is 21.1 Å². The van der Waals surface area contributed by atoms with Gasteiger partial charge in [-0.25, -0.2) is 9.48 Å². The highest BCUT2D eigenvalue weighted by Crippen LogP contribution is 2.05. The normalized spacial score (nSPS) is 10.6. The first-order chi connectivity index (χ1) is 10.6. The summed E-state index contributed by atoms with van der Waals surface area (Å²) < 4.78 is 11.7. The number of rotatable bonds is 7. The number of nitrogens with zero attached hydrogens (tertiary/aromatic N) is 6. The highest BCUT2D eigenvalue weighted by atomic mass is 16.5. The molecule has 1 amide bonds. The highest BCUT2D eigenvalue weighted by molar-refractivity contribution is 5.89. The van der Waals surface area contributed by atoms with Gasteiger partial charge >= 0.3 is 5.97 Å². The number of ether oxygens (including phenoxy) is 2. The fourth-order valence-corrected chi connectivity index (χ4v) is 1.47. The smallest absolute Gasteiger partial charge is 0.360 e. The molecular formula is C10H13N7O5. The molecule has 2 aromatic rings. The maximum atomic E-state index is 11.3. The van der Waals surface area contributed by atoms with Crippen LogP contribution in [-0.2, 0) is 16.2 Å². The molecule has 0 fully saturated rings. The minimum absolute atomic E-state index is 0.0240. The van der Waals surface area contributed by atoms with Gasteiger partial charge in [-0.05, 0) is 0 Å². The molecule has 3 N–H and O–H groups in total. The maximum Gasteiger partial charge on any atom is 0.360 e. The highest BCUT2D eigenvalue weighted by Gasteiger charge is 2.18. The van der Waals surface area contributed by atoms with Crippen LogP contribution < -0.4 is 5.73 Å². The van der Waals surface area contributed by atoms with Crippen molar-refractivity contribution in [3.05, 3.63) is 17.7 Å². The molecule has 0 aliphatic rings. The van der Waals surface area contributed by atoms with Crippen molar-refractivity contribution in [2.45, 2.75) is 6.73 Å². The van der Waals surface area contributed by atoms with Crippen LogP contribution in [0, 0.1) is 0 Å². The van der Waals surface area contributed by atoms with E-state index in [1.165, 1.54) is 13.3 Å². The van der Waals surface area contributed by atoms with E-state index >= 15 is 0 Å². The first kappa shape index (κ1) is 15.5. The Hall–Kier alpha value is -2.86. The van der Waals surface area contributed by atoms with Gasteiger partial charge in [0.15, 0.2) is 5.69 Å². The van der Waals surface area contributed by atoms with Gasteiger partial charge in [-0.3, -0.25) is 4.79 Å².